The van der Waals surface area contributed by atoms with Gasteiger partial charge in [-0.2, -0.15) is 0 Å². The fraction of sp³-hybridized carbons (Fsp3) is 0.333. The molecule has 0 radical (unpaired) electrons. The van der Waals surface area contributed by atoms with E-state index in [0.29, 0.717) is 6.42 Å². The summed E-state index contributed by atoms with van der Waals surface area (Å²) in [4.78, 5) is 49.5. The lowest BCUT2D eigenvalue weighted by molar-refractivity contribution is -0.297. The molecule has 0 unspecified atom stereocenters. The van der Waals surface area contributed by atoms with Crippen LogP contribution in [0.5, 0.6) is 0 Å². The van der Waals surface area contributed by atoms with Gasteiger partial charge in [-0.3, -0.25) is 9.59 Å². The standard InChI is InChI=1S/C24H24O8/c1-3-5-7-9-11-17-19(25)29-23(30-20(17)26)13-15-24(16-14-23)31-21(27)18(22(28)32-24)12-10-8-6-4-2/h3-9,11-12,17H,1-2,10,13-16H2. The first-order valence-corrected chi connectivity index (χ1v) is 10.2. The van der Waals surface area contributed by atoms with Crippen molar-refractivity contribution in [2.24, 2.45) is 5.92 Å². The van der Waals surface area contributed by atoms with Crippen molar-refractivity contribution < 1.29 is 38.1 Å². The first-order chi connectivity index (χ1) is 15.3. The quantitative estimate of drug-likeness (QED) is 0.204. The molecule has 2 aliphatic heterocycles. The largest absolute Gasteiger partial charge is 0.422 e. The summed E-state index contributed by atoms with van der Waals surface area (Å²) in [5.41, 5.74) is -0.180. The minimum Gasteiger partial charge on any atom is -0.422 e. The third kappa shape index (κ3) is 4.96. The van der Waals surface area contributed by atoms with Gasteiger partial charge in [0.25, 0.3) is 11.6 Å². The minimum atomic E-state index is -1.47. The van der Waals surface area contributed by atoms with E-state index in [2.05, 4.69) is 13.2 Å². The fourth-order valence-corrected chi connectivity index (χ4v) is 3.59. The molecule has 0 aromatic rings. The Labute approximate surface area is 185 Å². The lowest BCUT2D eigenvalue weighted by atomic mass is 9.87. The molecule has 2 saturated heterocycles. The van der Waals surface area contributed by atoms with Crippen molar-refractivity contribution in [2.45, 2.75) is 43.7 Å². The van der Waals surface area contributed by atoms with Crippen LogP contribution in [0.1, 0.15) is 32.1 Å². The van der Waals surface area contributed by atoms with Gasteiger partial charge < -0.3 is 18.9 Å². The van der Waals surface area contributed by atoms with Crippen LogP contribution in [0.15, 0.2) is 73.4 Å². The van der Waals surface area contributed by atoms with Crippen molar-refractivity contribution in [3.05, 3.63) is 73.4 Å². The monoisotopic (exact) mass is 440 g/mol. The molecule has 8 heteroatoms. The molecule has 0 aromatic heterocycles. The summed E-state index contributed by atoms with van der Waals surface area (Å²) in [5, 5.41) is 0. The Morgan fingerprint density at radius 2 is 1.28 bits per heavy atom. The van der Waals surface area contributed by atoms with E-state index in [4.69, 9.17) is 18.9 Å². The van der Waals surface area contributed by atoms with Gasteiger partial charge in [-0.15, -0.1) is 0 Å². The Balaban J connectivity index is 1.63. The summed E-state index contributed by atoms with van der Waals surface area (Å²) in [7, 11) is 0. The minimum absolute atomic E-state index is 0.0251. The molecule has 0 N–H and O–H groups in total. The van der Waals surface area contributed by atoms with Crippen molar-refractivity contribution in [3.8, 4) is 0 Å². The smallest absolute Gasteiger partial charge is 0.348 e. The number of hydrogen-bond acceptors (Lipinski definition) is 8. The highest BCUT2D eigenvalue weighted by molar-refractivity contribution is 6.15. The first kappa shape index (κ1) is 23.0. The summed E-state index contributed by atoms with van der Waals surface area (Å²) in [6, 6.07) is 0. The van der Waals surface area contributed by atoms with E-state index in [0.717, 1.165) is 0 Å². The predicted molar refractivity (Wildman–Crippen MR) is 112 cm³/mol. The second-order valence-corrected chi connectivity index (χ2v) is 7.44. The van der Waals surface area contributed by atoms with Gasteiger partial charge in [-0.05, 0) is 6.42 Å². The lowest BCUT2D eigenvalue weighted by Crippen LogP contribution is -2.57. The number of carbonyl (C=O) groups is 4. The number of carbonyl (C=O) groups excluding carboxylic acids is 4. The highest BCUT2D eigenvalue weighted by atomic mass is 16.8. The average Bonchev–Trinajstić information content (AvgIpc) is 2.74. The van der Waals surface area contributed by atoms with Crippen LogP contribution in [-0.2, 0) is 38.1 Å². The maximum absolute atomic E-state index is 12.4. The van der Waals surface area contributed by atoms with Crippen LogP contribution in [0.25, 0.3) is 0 Å². The summed E-state index contributed by atoms with van der Waals surface area (Å²) in [6.45, 7) is 7.06. The van der Waals surface area contributed by atoms with Gasteiger partial charge >= 0.3 is 23.9 Å². The van der Waals surface area contributed by atoms with Gasteiger partial charge in [0.15, 0.2) is 5.92 Å². The third-order valence-electron chi connectivity index (χ3n) is 5.24. The van der Waals surface area contributed by atoms with Crippen LogP contribution in [-0.4, -0.2) is 35.5 Å². The number of hydrogen-bond donors (Lipinski definition) is 0. The molecule has 0 aromatic carbocycles. The zero-order chi connectivity index (χ0) is 23.2. The third-order valence-corrected chi connectivity index (χ3v) is 5.24. The molecule has 3 rings (SSSR count). The van der Waals surface area contributed by atoms with Gasteiger partial charge in [0, 0.05) is 25.7 Å². The topological polar surface area (TPSA) is 105 Å². The van der Waals surface area contributed by atoms with Gasteiger partial charge in [-0.1, -0.05) is 67.8 Å². The first-order valence-electron chi connectivity index (χ1n) is 10.2. The molecule has 2 heterocycles. The van der Waals surface area contributed by atoms with Crippen LogP contribution in [0.4, 0.5) is 0 Å². The van der Waals surface area contributed by atoms with Crippen molar-refractivity contribution >= 4 is 23.9 Å². The van der Waals surface area contributed by atoms with Crippen molar-refractivity contribution in [3.63, 3.8) is 0 Å². The number of rotatable bonds is 6. The van der Waals surface area contributed by atoms with Gasteiger partial charge in [0.05, 0.1) is 0 Å². The van der Waals surface area contributed by atoms with E-state index in [1.807, 2.05) is 0 Å². The fourth-order valence-electron chi connectivity index (χ4n) is 3.59. The highest BCUT2D eigenvalue weighted by Gasteiger charge is 2.57. The highest BCUT2D eigenvalue weighted by Crippen LogP contribution is 2.45. The maximum atomic E-state index is 12.4. The maximum Gasteiger partial charge on any atom is 0.348 e. The second-order valence-electron chi connectivity index (χ2n) is 7.44. The van der Waals surface area contributed by atoms with Gasteiger partial charge in [-0.25, -0.2) is 9.59 Å². The molecule has 0 atom stereocenters. The molecule has 2 spiro atoms. The molecule has 1 saturated carbocycles. The summed E-state index contributed by atoms with van der Waals surface area (Å²) < 4.78 is 21.8. The van der Waals surface area contributed by atoms with E-state index in [-0.39, 0.29) is 31.3 Å². The van der Waals surface area contributed by atoms with Crippen molar-refractivity contribution in [1.29, 1.82) is 0 Å². The molecule has 3 aliphatic rings. The summed E-state index contributed by atoms with van der Waals surface area (Å²) in [5.74, 6) is -7.12. The molecule has 32 heavy (non-hydrogen) atoms. The molecule has 3 fully saturated rings. The van der Waals surface area contributed by atoms with Crippen LogP contribution >= 0.6 is 0 Å². The van der Waals surface area contributed by atoms with Gasteiger partial charge in [0.1, 0.15) is 5.57 Å². The zero-order valence-electron chi connectivity index (χ0n) is 17.5. The molecular weight excluding hydrogens is 416 g/mol. The van der Waals surface area contributed by atoms with Crippen LogP contribution in [0.2, 0.25) is 0 Å². The van der Waals surface area contributed by atoms with Crippen molar-refractivity contribution in [1.82, 2.24) is 0 Å². The summed E-state index contributed by atoms with van der Waals surface area (Å²) >= 11 is 0. The molecule has 0 bridgehead atoms. The predicted octanol–water partition coefficient (Wildman–Crippen LogP) is 3.13. The Bertz CT molecular complexity index is 899. The van der Waals surface area contributed by atoms with E-state index >= 15 is 0 Å². The molecule has 0 amide bonds. The Morgan fingerprint density at radius 3 is 1.81 bits per heavy atom. The second kappa shape index (κ2) is 9.64. The Kier molecular flexibility index (Phi) is 6.92. The molecular formula is C24H24O8. The zero-order valence-corrected chi connectivity index (χ0v) is 17.5. The number of ether oxygens (including phenoxy) is 4. The molecule has 168 valence electrons. The number of allylic oxidation sites excluding steroid dienone is 8. The molecule has 1 aliphatic carbocycles. The normalized spacial score (nSPS) is 30.5. The van der Waals surface area contributed by atoms with E-state index in [1.165, 1.54) is 18.2 Å². The van der Waals surface area contributed by atoms with Crippen LogP contribution < -0.4 is 0 Å². The Morgan fingerprint density at radius 1 is 0.750 bits per heavy atom. The van der Waals surface area contributed by atoms with E-state index in [9.17, 15) is 19.2 Å². The van der Waals surface area contributed by atoms with Crippen molar-refractivity contribution in [2.75, 3.05) is 0 Å². The van der Waals surface area contributed by atoms with Crippen LogP contribution in [0, 0.1) is 5.92 Å². The summed E-state index contributed by atoms with van der Waals surface area (Å²) in [6.07, 6.45) is 14.6. The average molecular weight is 440 g/mol. The van der Waals surface area contributed by atoms with E-state index < -0.39 is 41.4 Å². The van der Waals surface area contributed by atoms with Gasteiger partial charge in [0.2, 0.25) is 0 Å². The SMILES string of the molecule is C=CC=CC=CC1C(=O)OC2(CCC3(CC2)OC(=O)C(=CCC=CC=C)C(=O)O3)OC1=O. The lowest BCUT2D eigenvalue weighted by Gasteiger charge is -2.46. The Hall–Kier alpha value is -3.68. The number of esters is 4. The van der Waals surface area contributed by atoms with E-state index in [1.54, 1.807) is 36.5 Å². The molecule has 8 nitrogen and oxygen atoms in total. The van der Waals surface area contributed by atoms with Crippen LogP contribution in [0.3, 0.4) is 0 Å².